The summed E-state index contributed by atoms with van der Waals surface area (Å²) in [5, 5.41) is 0. The summed E-state index contributed by atoms with van der Waals surface area (Å²) in [7, 11) is 0. The molecular formula is C21H20N2O3. The number of ketones is 1. The van der Waals surface area contributed by atoms with Gasteiger partial charge in [0.2, 0.25) is 0 Å². The molecule has 1 aromatic carbocycles. The molecular weight excluding hydrogens is 328 g/mol. The summed E-state index contributed by atoms with van der Waals surface area (Å²) in [5.41, 5.74) is 1.57. The van der Waals surface area contributed by atoms with Crippen LogP contribution < -0.4 is 4.74 Å². The maximum absolute atomic E-state index is 13.1. The molecule has 5 nitrogen and oxygen atoms in total. The van der Waals surface area contributed by atoms with Gasteiger partial charge in [0.15, 0.2) is 5.78 Å². The summed E-state index contributed by atoms with van der Waals surface area (Å²) in [4.78, 5) is 32.0. The predicted octanol–water partition coefficient (Wildman–Crippen LogP) is 3.17. The van der Waals surface area contributed by atoms with Crippen LogP contribution in [0.1, 0.15) is 52.1 Å². The van der Waals surface area contributed by atoms with Gasteiger partial charge in [-0.15, -0.1) is 0 Å². The van der Waals surface area contributed by atoms with Crippen LogP contribution in [0.2, 0.25) is 0 Å². The smallest absolute Gasteiger partial charge is 0.256 e. The number of nitrogens with zero attached hydrogens (tertiary/aromatic N) is 2. The number of fused-ring (bicyclic) bond motifs is 4. The molecule has 4 heterocycles. The normalized spacial score (nSPS) is 29.0. The van der Waals surface area contributed by atoms with Gasteiger partial charge in [0.05, 0.1) is 23.6 Å². The lowest BCUT2D eigenvalue weighted by Gasteiger charge is -2.40. The lowest BCUT2D eigenvalue weighted by Crippen LogP contribution is -2.52. The Morgan fingerprint density at radius 2 is 2.08 bits per heavy atom. The van der Waals surface area contributed by atoms with Crippen LogP contribution in [0.3, 0.4) is 0 Å². The Morgan fingerprint density at radius 1 is 1.23 bits per heavy atom. The van der Waals surface area contributed by atoms with Crippen molar-refractivity contribution in [3.05, 3.63) is 59.4 Å². The Balaban J connectivity index is 1.49. The molecule has 1 amide bonds. The number of rotatable bonds is 1. The van der Waals surface area contributed by atoms with Crippen molar-refractivity contribution in [3.63, 3.8) is 0 Å². The van der Waals surface area contributed by atoms with Crippen molar-refractivity contribution in [3.8, 4) is 5.75 Å². The molecule has 2 bridgehead atoms. The van der Waals surface area contributed by atoms with Crippen LogP contribution >= 0.6 is 0 Å². The Labute approximate surface area is 152 Å². The van der Waals surface area contributed by atoms with Crippen molar-refractivity contribution in [2.45, 2.75) is 50.3 Å². The lowest BCUT2D eigenvalue weighted by atomic mass is 9.78. The molecule has 0 unspecified atom stereocenters. The quantitative estimate of drug-likeness (QED) is 0.794. The number of para-hydroxylation sites is 1. The van der Waals surface area contributed by atoms with Crippen LogP contribution in [0.25, 0.3) is 0 Å². The summed E-state index contributed by atoms with van der Waals surface area (Å²) in [6.07, 6.45) is 4.57. The average Bonchev–Trinajstić information content (AvgIpc) is 3.17. The highest BCUT2D eigenvalue weighted by molar-refractivity contribution is 6.01. The van der Waals surface area contributed by atoms with E-state index in [0.29, 0.717) is 23.3 Å². The zero-order valence-electron chi connectivity index (χ0n) is 14.6. The zero-order valence-corrected chi connectivity index (χ0v) is 14.6. The van der Waals surface area contributed by atoms with Crippen LogP contribution in [0.5, 0.6) is 5.75 Å². The Hall–Kier alpha value is -2.69. The number of carbonyl (C=O) groups excluding carboxylic acids is 2. The molecule has 1 spiro atoms. The minimum absolute atomic E-state index is 0.00298. The number of amides is 1. The molecule has 2 fully saturated rings. The number of aryl methyl sites for hydroxylation is 1. The SMILES string of the molecule is Cc1ccc(C(=O)N2[C@H]3CC[C@@H]2[C@]2(CC(=O)c4ccccc4O2)C3)cn1. The summed E-state index contributed by atoms with van der Waals surface area (Å²) in [6.45, 7) is 1.90. The number of carbonyl (C=O) groups is 2. The van der Waals surface area contributed by atoms with Crippen molar-refractivity contribution in [2.75, 3.05) is 0 Å². The van der Waals surface area contributed by atoms with Crippen LogP contribution in [0, 0.1) is 6.92 Å². The molecule has 26 heavy (non-hydrogen) atoms. The zero-order chi connectivity index (χ0) is 17.9. The number of pyridine rings is 1. The topological polar surface area (TPSA) is 59.5 Å². The highest BCUT2D eigenvalue weighted by atomic mass is 16.5. The number of aromatic nitrogens is 1. The van der Waals surface area contributed by atoms with Crippen molar-refractivity contribution in [1.29, 1.82) is 0 Å². The van der Waals surface area contributed by atoms with E-state index in [-0.39, 0.29) is 23.8 Å². The van der Waals surface area contributed by atoms with E-state index in [0.717, 1.165) is 25.0 Å². The minimum Gasteiger partial charge on any atom is -0.484 e. The van der Waals surface area contributed by atoms with E-state index in [4.69, 9.17) is 4.74 Å². The fourth-order valence-corrected chi connectivity index (χ4v) is 4.89. The molecule has 5 rings (SSSR count). The summed E-state index contributed by atoms with van der Waals surface area (Å²) < 4.78 is 6.39. The van der Waals surface area contributed by atoms with Gasteiger partial charge in [0.25, 0.3) is 5.91 Å². The van der Waals surface area contributed by atoms with Gasteiger partial charge in [0, 0.05) is 24.4 Å². The molecule has 5 heteroatoms. The molecule has 0 saturated carbocycles. The molecule has 3 atom stereocenters. The molecule has 3 aliphatic heterocycles. The molecule has 132 valence electrons. The van der Waals surface area contributed by atoms with Gasteiger partial charge in [0.1, 0.15) is 11.4 Å². The number of hydrogen-bond donors (Lipinski definition) is 0. The molecule has 0 radical (unpaired) electrons. The molecule has 0 aliphatic carbocycles. The van der Waals surface area contributed by atoms with E-state index >= 15 is 0 Å². The summed E-state index contributed by atoms with van der Waals surface area (Å²) in [6, 6.07) is 11.2. The first-order valence-corrected chi connectivity index (χ1v) is 9.14. The van der Waals surface area contributed by atoms with Gasteiger partial charge in [-0.25, -0.2) is 0 Å². The Morgan fingerprint density at radius 3 is 2.88 bits per heavy atom. The number of Topliss-reactive ketones (excluding diaryl/α,β-unsaturated/α-hetero) is 1. The van der Waals surface area contributed by atoms with Crippen molar-refractivity contribution in [1.82, 2.24) is 9.88 Å². The van der Waals surface area contributed by atoms with Gasteiger partial charge < -0.3 is 9.64 Å². The fourth-order valence-electron chi connectivity index (χ4n) is 4.89. The highest BCUT2D eigenvalue weighted by Gasteiger charge is 2.61. The molecule has 1 aromatic heterocycles. The number of hydrogen-bond acceptors (Lipinski definition) is 4. The van der Waals surface area contributed by atoms with Crippen LogP contribution in [-0.4, -0.2) is 39.3 Å². The van der Waals surface area contributed by atoms with Crippen molar-refractivity contribution in [2.24, 2.45) is 0 Å². The number of ether oxygens (including phenoxy) is 1. The van der Waals surface area contributed by atoms with Gasteiger partial charge in [-0.1, -0.05) is 12.1 Å². The maximum atomic E-state index is 13.1. The van der Waals surface area contributed by atoms with E-state index in [2.05, 4.69) is 4.98 Å². The Kier molecular flexibility index (Phi) is 3.23. The fraction of sp³-hybridized carbons (Fsp3) is 0.381. The largest absolute Gasteiger partial charge is 0.484 e. The Bertz CT molecular complexity index is 908. The predicted molar refractivity (Wildman–Crippen MR) is 95.3 cm³/mol. The van der Waals surface area contributed by atoms with E-state index < -0.39 is 5.60 Å². The van der Waals surface area contributed by atoms with Gasteiger partial charge in [-0.05, 0) is 44.0 Å². The van der Waals surface area contributed by atoms with Crippen molar-refractivity contribution < 1.29 is 14.3 Å². The summed E-state index contributed by atoms with van der Waals surface area (Å²) in [5.74, 6) is 0.765. The first-order valence-electron chi connectivity index (χ1n) is 9.14. The summed E-state index contributed by atoms with van der Waals surface area (Å²) >= 11 is 0. The first kappa shape index (κ1) is 15.6. The third kappa shape index (κ3) is 2.13. The second-order valence-corrected chi connectivity index (χ2v) is 7.61. The molecule has 2 saturated heterocycles. The molecule has 0 N–H and O–H groups in total. The van der Waals surface area contributed by atoms with Crippen molar-refractivity contribution >= 4 is 11.7 Å². The van der Waals surface area contributed by atoms with E-state index in [9.17, 15) is 9.59 Å². The third-order valence-corrected chi connectivity index (χ3v) is 6.04. The van der Waals surface area contributed by atoms with E-state index in [1.54, 1.807) is 6.20 Å². The van der Waals surface area contributed by atoms with Crippen LogP contribution in [-0.2, 0) is 0 Å². The second kappa shape index (κ2) is 5.40. The lowest BCUT2D eigenvalue weighted by molar-refractivity contribution is 0.0112. The van der Waals surface area contributed by atoms with Crippen LogP contribution in [0.4, 0.5) is 0 Å². The minimum atomic E-state index is -0.581. The number of benzene rings is 1. The van der Waals surface area contributed by atoms with Gasteiger partial charge in [-0.2, -0.15) is 0 Å². The second-order valence-electron chi connectivity index (χ2n) is 7.61. The average molecular weight is 348 g/mol. The monoisotopic (exact) mass is 348 g/mol. The van der Waals surface area contributed by atoms with E-state index in [1.165, 1.54) is 0 Å². The highest BCUT2D eigenvalue weighted by Crippen LogP contribution is 2.51. The first-order chi connectivity index (χ1) is 12.6. The van der Waals surface area contributed by atoms with E-state index in [1.807, 2.05) is 48.2 Å². The third-order valence-electron chi connectivity index (χ3n) is 6.04. The van der Waals surface area contributed by atoms with Gasteiger partial charge >= 0.3 is 0 Å². The molecule has 2 aromatic rings. The van der Waals surface area contributed by atoms with Gasteiger partial charge in [-0.3, -0.25) is 14.6 Å². The molecule has 3 aliphatic rings. The standard InChI is InChI=1S/C21H20N2O3/c1-13-6-7-14(12-22-13)20(25)23-15-8-9-19(23)21(10-15)11-17(24)16-4-2-3-5-18(16)26-21/h2-7,12,15,19H,8-11H2,1H3/t15-,19+,21+/m0/s1. The van der Waals surface area contributed by atoms with Crippen LogP contribution in [0.15, 0.2) is 42.6 Å². The maximum Gasteiger partial charge on any atom is 0.256 e.